The summed E-state index contributed by atoms with van der Waals surface area (Å²) in [7, 11) is 0. The molecule has 0 saturated carbocycles. The summed E-state index contributed by atoms with van der Waals surface area (Å²) in [6.07, 6.45) is -1.98. The Kier molecular flexibility index (Phi) is 3.66. The van der Waals surface area contributed by atoms with Crippen molar-refractivity contribution in [2.24, 2.45) is 0 Å². The van der Waals surface area contributed by atoms with Crippen LogP contribution in [0.4, 0.5) is 13.2 Å². The van der Waals surface area contributed by atoms with Gasteiger partial charge in [-0.2, -0.15) is 13.2 Å². The Morgan fingerprint density at radius 3 is 2.74 bits per heavy atom. The average molecular weight is 275 g/mol. The van der Waals surface area contributed by atoms with Gasteiger partial charge in [0.15, 0.2) is 0 Å². The lowest BCUT2D eigenvalue weighted by atomic mass is 10.1. The molecule has 4 nitrogen and oxygen atoms in total. The second-order valence-corrected chi connectivity index (χ2v) is 4.24. The van der Waals surface area contributed by atoms with E-state index in [1.54, 1.807) is 6.08 Å². The molecule has 7 heteroatoms. The van der Waals surface area contributed by atoms with Crippen LogP contribution in [0, 0.1) is 0 Å². The summed E-state index contributed by atoms with van der Waals surface area (Å²) < 4.78 is 41.4. The molecular formula is C12H12F3NO3. The summed E-state index contributed by atoms with van der Waals surface area (Å²) in [6, 6.07) is 1.65. The van der Waals surface area contributed by atoms with E-state index in [1.807, 2.05) is 0 Å². The van der Waals surface area contributed by atoms with E-state index in [2.05, 4.69) is 9.73 Å². The summed E-state index contributed by atoms with van der Waals surface area (Å²) in [5, 5.41) is 12.3. The van der Waals surface area contributed by atoms with Crippen LogP contribution in [0.25, 0.3) is 0 Å². The zero-order chi connectivity index (χ0) is 14.0. The minimum atomic E-state index is -4.57. The van der Waals surface area contributed by atoms with Crippen molar-refractivity contribution in [3.63, 3.8) is 0 Å². The Hall–Kier alpha value is -1.76. The van der Waals surface area contributed by atoms with Crippen molar-refractivity contribution >= 4 is 5.91 Å². The lowest BCUT2D eigenvalue weighted by Crippen LogP contribution is -2.23. The van der Waals surface area contributed by atoms with Crippen LogP contribution in [0.5, 0.6) is 0 Å². The number of carbonyl (C=O) groups is 1. The highest BCUT2D eigenvalue weighted by Gasteiger charge is 2.35. The van der Waals surface area contributed by atoms with Crippen molar-refractivity contribution in [3.05, 3.63) is 35.8 Å². The predicted octanol–water partition coefficient (Wildman–Crippen LogP) is 2.17. The Labute approximate surface area is 106 Å². The molecule has 2 heterocycles. The molecule has 1 saturated heterocycles. The molecule has 19 heavy (non-hydrogen) atoms. The second kappa shape index (κ2) is 5.08. The number of alkyl halides is 3. The van der Waals surface area contributed by atoms with Crippen LogP contribution in [0.3, 0.4) is 0 Å². The van der Waals surface area contributed by atoms with Crippen LogP contribution in [-0.2, 0) is 11.0 Å². The van der Waals surface area contributed by atoms with Crippen molar-refractivity contribution in [2.75, 3.05) is 0 Å². The van der Waals surface area contributed by atoms with Gasteiger partial charge < -0.3 is 14.8 Å². The zero-order valence-electron chi connectivity index (χ0n) is 9.78. The summed E-state index contributed by atoms with van der Waals surface area (Å²) in [6.45, 7) is 0. The van der Waals surface area contributed by atoms with E-state index in [-0.39, 0.29) is 17.7 Å². The van der Waals surface area contributed by atoms with E-state index in [0.717, 1.165) is 12.1 Å². The summed E-state index contributed by atoms with van der Waals surface area (Å²) in [5.41, 5.74) is 0. The monoisotopic (exact) mass is 275 g/mol. The van der Waals surface area contributed by atoms with Gasteiger partial charge in [0.1, 0.15) is 11.9 Å². The first-order valence-electron chi connectivity index (χ1n) is 5.69. The molecule has 1 aromatic heterocycles. The molecular weight excluding hydrogens is 263 g/mol. The standard InChI is InChI=1S/C12H12F3NO3/c13-12(14,15)10-5-4-9(19-10)8(17)3-1-7-2-6-11(18)16-7/h1,3-5,7-8,17H,2,6H2,(H,16,18)/b3-1+/t7-,8?/m0/s1. The molecule has 1 aromatic rings. The fraction of sp³-hybridized carbons (Fsp3) is 0.417. The average Bonchev–Trinajstić information content (AvgIpc) is 2.93. The zero-order valence-corrected chi connectivity index (χ0v) is 9.78. The quantitative estimate of drug-likeness (QED) is 0.831. The Balaban J connectivity index is 2.00. The second-order valence-electron chi connectivity index (χ2n) is 4.24. The topological polar surface area (TPSA) is 62.5 Å². The summed E-state index contributed by atoms with van der Waals surface area (Å²) >= 11 is 0. The van der Waals surface area contributed by atoms with Crippen LogP contribution in [-0.4, -0.2) is 17.1 Å². The molecule has 1 aliphatic heterocycles. The van der Waals surface area contributed by atoms with Gasteiger partial charge in [-0.15, -0.1) is 0 Å². The number of halogens is 3. The molecule has 0 aliphatic carbocycles. The van der Waals surface area contributed by atoms with E-state index in [0.29, 0.717) is 12.8 Å². The van der Waals surface area contributed by atoms with Gasteiger partial charge in [-0.3, -0.25) is 4.79 Å². The number of rotatable bonds is 3. The van der Waals surface area contributed by atoms with Gasteiger partial charge in [0.2, 0.25) is 11.7 Å². The number of nitrogens with one attached hydrogen (secondary N) is 1. The molecule has 0 aromatic carbocycles. The molecule has 0 bridgehead atoms. The van der Waals surface area contributed by atoms with Gasteiger partial charge in [-0.25, -0.2) is 0 Å². The molecule has 2 atom stereocenters. The molecule has 2 rings (SSSR count). The van der Waals surface area contributed by atoms with Crippen molar-refractivity contribution in [1.29, 1.82) is 0 Å². The number of amides is 1. The van der Waals surface area contributed by atoms with Gasteiger partial charge in [0.05, 0.1) is 0 Å². The normalized spacial score (nSPS) is 21.9. The maximum absolute atomic E-state index is 12.3. The van der Waals surface area contributed by atoms with Crippen LogP contribution in [0.1, 0.15) is 30.5 Å². The smallest absolute Gasteiger partial charge is 0.449 e. The highest BCUT2D eigenvalue weighted by Crippen LogP contribution is 2.32. The molecule has 1 aliphatic rings. The number of carbonyl (C=O) groups excluding carboxylic acids is 1. The number of hydrogen-bond donors (Lipinski definition) is 2. The number of aliphatic hydroxyl groups is 1. The Morgan fingerprint density at radius 2 is 2.21 bits per heavy atom. The maximum atomic E-state index is 12.3. The SMILES string of the molecule is O=C1CC[C@H](/C=C/C(O)c2ccc(C(F)(F)F)o2)N1. The maximum Gasteiger partial charge on any atom is 0.449 e. The fourth-order valence-corrected chi connectivity index (χ4v) is 1.78. The van der Waals surface area contributed by atoms with E-state index in [4.69, 9.17) is 0 Å². The molecule has 104 valence electrons. The van der Waals surface area contributed by atoms with Crippen molar-refractivity contribution in [2.45, 2.75) is 31.2 Å². The molecule has 1 unspecified atom stereocenters. The van der Waals surface area contributed by atoms with Crippen LogP contribution < -0.4 is 5.32 Å². The predicted molar refractivity (Wildman–Crippen MR) is 59.0 cm³/mol. The molecule has 0 radical (unpaired) electrons. The van der Waals surface area contributed by atoms with Crippen molar-refractivity contribution in [3.8, 4) is 0 Å². The lowest BCUT2D eigenvalue weighted by molar-refractivity contribution is -0.153. The van der Waals surface area contributed by atoms with Crippen LogP contribution in [0.15, 0.2) is 28.7 Å². The molecule has 0 spiro atoms. The fourth-order valence-electron chi connectivity index (χ4n) is 1.78. The first-order valence-corrected chi connectivity index (χ1v) is 5.69. The van der Waals surface area contributed by atoms with Gasteiger partial charge >= 0.3 is 6.18 Å². The van der Waals surface area contributed by atoms with Gasteiger partial charge in [0.25, 0.3) is 0 Å². The summed E-state index contributed by atoms with van der Waals surface area (Å²) in [4.78, 5) is 10.9. The highest BCUT2D eigenvalue weighted by molar-refractivity contribution is 5.78. The first kappa shape index (κ1) is 13.7. The Bertz CT molecular complexity index is 493. The number of aliphatic hydroxyl groups excluding tert-OH is 1. The molecule has 1 fully saturated rings. The van der Waals surface area contributed by atoms with Crippen LogP contribution >= 0.6 is 0 Å². The van der Waals surface area contributed by atoms with E-state index in [1.165, 1.54) is 6.08 Å². The number of hydrogen-bond acceptors (Lipinski definition) is 3. The van der Waals surface area contributed by atoms with Gasteiger partial charge in [0, 0.05) is 12.5 Å². The van der Waals surface area contributed by atoms with Crippen molar-refractivity contribution in [1.82, 2.24) is 5.32 Å². The van der Waals surface area contributed by atoms with E-state index in [9.17, 15) is 23.1 Å². The molecule has 2 N–H and O–H groups in total. The van der Waals surface area contributed by atoms with E-state index < -0.39 is 18.0 Å². The third-order valence-electron chi connectivity index (χ3n) is 2.75. The highest BCUT2D eigenvalue weighted by atomic mass is 19.4. The molecule has 1 amide bonds. The first-order chi connectivity index (χ1) is 8.86. The largest absolute Gasteiger partial charge is 0.453 e. The van der Waals surface area contributed by atoms with E-state index >= 15 is 0 Å². The summed E-state index contributed by atoms with van der Waals surface area (Å²) in [5.74, 6) is -1.42. The Morgan fingerprint density at radius 1 is 1.47 bits per heavy atom. The van der Waals surface area contributed by atoms with Gasteiger partial charge in [-0.1, -0.05) is 12.2 Å². The third-order valence-corrected chi connectivity index (χ3v) is 2.75. The van der Waals surface area contributed by atoms with Crippen LogP contribution in [0.2, 0.25) is 0 Å². The number of furan rings is 1. The minimum absolute atomic E-state index is 0.0819. The third kappa shape index (κ3) is 3.37. The lowest BCUT2D eigenvalue weighted by Gasteiger charge is -2.06. The minimum Gasteiger partial charge on any atom is -0.453 e. The van der Waals surface area contributed by atoms with Gasteiger partial charge in [-0.05, 0) is 18.6 Å². The van der Waals surface area contributed by atoms with Crippen molar-refractivity contribution < 1.29 is 27.5 Å².